The molecular weight excluding hydrogens is 544 g/mol. The highest BCUT2D eigenvalue weighted by Crippen LogP contribution is 2.45. The molecule has 0 amide bonds. The summed E-state index contributed by atoms with van der Waals surface area (Å²) in [6.45, 7) is 0.320. The zero-order chi connectivity index (χ0) is 28.9. The van der Waals surface area contributed by atoms with Gasteiger partial charge in [0.25, 0.3) is 0 Å². The van der Waals surface area contributed by atoms with E-state index >= 15 is 0 Å². The van der Waals surface area contributed by atoms with Gasteiger partial charge in [-0.15, -0.1) is 0 Å². The van der Waals surface area contributed by atoms with E-state index < -0.39 is 11.9 Å². The molecule has 2 N–H and O–H groups in total. The molecule has 0 fully saturated rings. The second kappa shape index (κ2) is 11.9. The molecule has 0 radical (unpaired) electrons. The van der Waals surface area contributed by atoms with Gasteiger partial charge in [0.2, 0.25) is 5.88 Å². The van der Waals surface area contributed by atoms with Crippen LogP contribution in [0.15, 0.2) is 96.4 Å². The standard InChI is InChI=1S/C32H25ClN2O6/c1-37-23-5-3-4-21(14-23)32(36)40-24-11-12-25-28(16-24)41-31(35)26(17-34)30(25)20-8-13-27(29(15-20)38-2)39-18-19-6-9-22(33)10-7-19/h3-16,30H,18,35H2,1-2H3. The summed E-state index contributed by atoms with van der Waals surface area (Å²) in [5.41, 5.74) is 9.12. The van der Waals surface area contributed by atoms with Crippen molar-refractivity contribution in [1.82, 2.24) is 0 Å². The summed E-state index contributed by atoms with van der Waals surface area (Å²) in [7, 11) is 3.07. The Hall–Kier alpha value is -5.13. The number of rotatable bonds is 8. The minimum Gasteiger partial charge on any atom is -0.497 e. The average Bonchev–Trinajstić information content (AvgIpc) is 3.00. The number of halogens is 1. The molecule has 206 valence electrons. The van der Waals surface area contributed by atoms with E-state index in [2.05, 4.69) is 6.07 Å². The summed E-state index contributed by atoms with van der Waals surface area (Å²) >= 11 is 5.97. The van der Waals surface area contributed by atoms with E-state index in [0.717, 1.165) is 11.1 Å². The van der Waals surface area contributed by atoms with Crippen LogP contribution in [0.25, 0.3) is 0 Å². The van der Waals surface area contributed by atoms with Crippen LogP contribution >= 0.6 is 11.6 Å². The fourth-order valence-electron chi connectivity index (χ4n) is 4.48. The van der Waals surface area contributed by atoms with Gasteiger partial charge in [0.1, 0.15) is 35.5 Å². The number of nitrogens with zero attached hydrogens (tertiary/aromatic N) is 1. The van der Waals surface area contributed by atoms with Crippen LogP contribution in [0.1, 0.15) is 33.0 Å². The Morgan fingerprint density at radius 3 is 2.49 bits per heavy atom. The van der Waals surface area contributed by atoms with Gasteiger partial charge < -0.3 is 29.4 Å². The van der Waals surface area contributed by atoms with E-state index in [-0.39, 0.29) is 17.2 Å². The molecule has 41 heavy (non-hydrogen) atoms. The summed E-state index contributed by atoms with van der Waals surface area (Å²) in [6.07, 6.45) is 0. The number of carbonyl (C=O) groups is 1. The summed E-state index contributed by atoms with van der Waals surface area (Å²) in [6, 6.07) is 26.6. The molecule has 1 aliphatic rings. The number of methoxy groups -OCH3 is 2. The first-order valence-corrected chi connectivity index (χ1v) is 12.9. The lowest BCUT2D eigenvalue weighted by Gasteiger charge is -2.27. The normalized spacial score (nSPS) is 13.9. The predicted octanol–water partition coefficient (Wildman–Crippen LogP) is 6.37. The third-order valence-corrected chi connectivity index (χ3v) is 6.79. The highest BCUT2D eigenvalue weighted by atomic mass is 35.5. The van der Waals surface area contributed by atoms with Gasteiger partial charge in [-0.05, 0) is 59.7 Å². The number of esters is 1. The lowest BCUT2D eigenvalue weighted by atomic mass is 9.83. The van der Waals surface area contributed by atoms with Gasteiger partial charge in [-0.25, -0.2) is 4.79 Å². The fourth-order valence-corrected chi connectivity index (χ4v) is 4.61. The van der Waals surface area contributed by atoms with E-state index in [1.54, 1.807) is 73.8 Å². The fraction of sp³-hybridized carbons (Fsp3) is 0.125. The Balaban J connectivity index is 1.42. The minimum absolute atomic E-state index is 0.0386. The van der Waals surface area contributed by atoms with Crippen molar-refractivity contribution in [3.8, 4) is 34.8 Å². The molecular formula is C32H25ClN2O6. The molecule has 0 saturated heterocycles. The maximum atomic E-state index is 12.7. The first-order chi connectivity index (χ1) is 19.9. The zero-order valence-corrected chi connectivity index (χ0v) is 23.0. The summed E-state index contributed by atoms with van der Waals surface area (Å²) in [5.74, 6) is 1.04. The number of ether oxygens (including phenoxy) is 5. The van der Waals surface area contributed by atoms with Crippen LogP contribution < -0.4 is 29.4 Å². The highest BCUT2D eigenvalue weighted by Gasteiger charge is 2.32. The molecule has 0 aliphatic carbocycles. The van der Waals surface area contributed by atoms with E-state index in [9.17, 15) is 10.1 Å². The van der Waals surface area contributed by atoms with Crippen LogP contribution in [0.2, 0.25) is 5.02 Å². The van der Waals surface area contributed by atoms with Crippen molar-refractivity contribution in [3.05, 3.63) is 124 Å². The number of benzene rings is 4. The number of allylic oxidation sites excluding steroid dienone is 1. The molecule has 0 bridgehead atoms. The van der Waals surface area contributed by atoms with Crippen molar-refractivity contribution >= 4 is 17.6 Å². The molecule has 4 aromatic rings. The van der Waals surface area contributed by atoms with Crippen molar-refractivity contribution < 1.29 is 28.5 Å². The van der Waals surface area contributed by atoms with Crippen molar-refractivity contribution in [2.24, 2.45) is 5.73 Å². The molecule has 8 nitrogen and oxygen atoms in total. The number of hydrogen-bond acceptors (Lipinski definition) is 8. The molecule has 4 aromatic carbocycles. The second-order valence-corrected chi connectivity index (χ2v) is 9.51. The first-order valence-electron chi connectivity index (χ1n) is 12.5. The minimum atomic E-state index is -0.559. The molecule has 1 heterocycles. The lowest BCUT2D eigenvalue weighted by Crippen LogP contribution is -2.21. The van der Waals surface area contributed by atoms with Crippen LogP contribution in [-0.2, 0) is 6.61 Å². The van der Waals surface area contributed by atoms with Gasteiger partial charge in [0.05, 0.1) is 25.7 Å². The first kappa shape index (κ1) is 27.4. The second-order valence-electron chi connectivity index (χ2n) is 9.07. The SMILES string of the molecule is COc1cccc(C(=O)Oc2ccc3c(c2)OC(N)=C(C#N)C3c2ccc(OCc3ccc(Cl)cc3)c(OC)c2)c1. The molecule has 1 aliphatic heterocycles. The number of nitrogens with two attached hydrogens (primary N) is 1. The van der Waals surface area contributed by atoms with Crippen LogP contribution in [0.4, 0.5) is 0 Å². The number of carbonyl (C=O) groups excluding carboxylic acids is 1. The molecule has 9 heteroatoms. The Kier molecular flexibility index (Phi) is 7.99. The quantitative estimate of drug-likeness (QED) is 0.193. The molecule has 1 atom stereocenters. The van der Waals surface area contributed by atoms with E-state index in [0.29, 0.717) is 45.8 Å². The average molecular weight is 569 g/mol. The maximum Gasteiger partial charge on any atom is 0.343 e. The van der Waals surface area contributed by atoms with Crippen LogP contribution in [0.5, 0.6) is 28.7 Å². The van der Waals surface area contributed by atoms with Crippen LogP contribution in [0.3, 0.4) is 0 Å². The van der Waals surface area contributed by atoms with Crippen molar-refractivity contribution in [2.75, 3.05) is 14.2 Å². The van der Waals surface area contributed by atoms with Gasteiger partial charge >= 0.3 is 5.97 Å². The van der Waals surface area contributed by atoms with Gasteiger partial charge in [-0.1, -0.05) is 41.9 Å². The maximum absolute atomic E-state index is 12.7. The summed E-state index contributed by atoms with van der Waals surface area (Å²) in [5, 5.41) is 10.6. The van der Waals surface area contributed by atoms with Gasteiger partial charge in [-0.2, -0.15) is 5.26 Å². The Bertz CT molecular complexity index is 1680. The Morgan fingerprint density at radius 1 is 0.951 bits per heavy atom. The van der Waals surface area contributed by atoms with E-state index in [4.69, 9.17) is 41.0 Å². The molecule has 0 aromatic heterocycles. The molecule has 0 spiro atoms. The third-order valence-electron chi connectivity index (χ3n) is 6.54. The zero-order valence-electron chi connectivity index (χ0n) is 22.2. The van der Waals surface area contributed by atoms with Crippen molar-refractivity contribution in [2.45, 2.75) is 12.5 Å². The summed E-state index contributed by atoms with van der Waals surface area (Å²) < 4.78 is 28.2. The number of hydrogen-bond donors (Lipinski definition) is 1. The topological polar surface area (TPSA) is 113 Å². The number of nitriles is 1. The van der Waals surface area contributed by atoms with Gasteiger partial charge in [0, 0.05) is 16.7 Å². The third kappa shape index (κ3) is 5.91. The van der Waals surface area contributed by atoms with Crippen molar-refractivity contribution in [1.29, 1.82) is 5.26 Å². The predicted molar refractivity (Wildman–Crippen MR) is 152 cm³/mol. The van der Waals surface area contributed by atoms with E-state index in [1.165, 1.54) is 7.11 Å². The van der Waals surface area contributed by atoms with Gasteiger partial charge in [-0.3, -0.25) is 0 Å². The summed E-state index contributed by atoms with van der Waals surface area (Å²) in [4.78, 5) is 12.7. The molecule has 0 saturated carbocycles. The number of fused-ring (bicyclic) bond motifs is 1. The van der Waals surface area contributed by atoms with E-state index in [1.807, 2.05) is 18.2 Å². The highest BCUT2D eigenvalue weighted by molar-refractivity contribution is 6.30. The van der Waals surface area contributed by atoms with Crippen molar-refractivity contribution in [3.63, 3.8) is 0 Å². The largest absolute Gasteiger partial charge is 0.497 e. The molecule has 1 unspecified atom stereocenters. The van der Waals surface area contributed by atoms with Crippen LogP contribution in [-0.4, -0.2) is 20.2 Å². The lowest BCUT2D eigenvalue weighted by molar-refractivity contribution is 0.0734. The smallest absolute Gasteiger partial charge is 0.343 e. The monoisotopic (exact) mass is 568 g/mol. The van der Waals surface area contributed by atoms with Gasteiger partial charge in [0.15, 0.2) is 11.5 Å². The van der Waals surface area contributed by atoms with Crippen LogP contribution in [0, 0.1) is 11.3 Å². The Labute approximate surface area is 242 Å². The molecule has 5 rings (SSSR count). The Morgan fingerprint density at radius 2 is 1.76 bits per heavy atom.